The number of urea groups is 1. The van der Waals surface area contributed by atoms with E-state index < -0.39 is 17.7 Å². The maximum Gasteiger partial charge on any atom is 0.322 e. The summed E-state index contributed by atoms with van der Waals surface area (Å²) in [6.07, 6.45) is 0.617. The van der Waals surface area contributed by atoms with Gasteiger partial charge in [0.15, 0.2) is 6.10 Å². The average Bonchev–Trinajstić information content (AvgIpc) is 3.27. The van der Waals surface area contributed by atoms with Gasteiger partial charge in [-0.25, -0.2) is 4.79 Å². The van der Waals surface area contributed by atoms with Gasteiger partial charge in [-0.1, -0.05) is 39.0 Å². The van der Waals surface area contributed by atoms with Gasteiger partial charge in [0.2, 0.25) is 5.91 Å². The van der Waals surface area contributed by atoms with Gasteiger partial charge in [0.1, 0.15) is 17.8 Å². The Kier molecular flexibility index (Phi) is 5.30. The molecule has 2 aromatic carbocycles. The van der Waals surface area contributed by atoms with Crippen LogP contribution in [0.5, 0.6) is 5.75 Å². The van der Waals surface area contributed by atoms with Gasteiger partial charge in [-0.3, -0.25) is 24.6 Å². The van der Waals surface area contributed by atoms with Gasteiger partial charge >= 0.3 is 6.03 Å². The molecular weight excluding hydrogens is 448 g/mol. The van der Waals surface area contributed by atoms with Crippen LogP contribution in [0.1, 0.15) is 38.3 Å². The number of ether oxygens (including phenoxy) is 1. The van der Waals surface area contributed by atoms with Gasteiger partial charge in [0.25, 0.3) is 11.8 Å². The zero-order valence-corrected chi connectivity index (χ0v) is 19.9. The molecule has 0 saturated carbocycles. The minimum Gasteiger partial charge on any atom is -0.478 e. The molecule has 2 heterocycles. The lowest BCUT2D eigenvalue weighted by Gasteiger charge is -2.36. The van der Waals surface area contributed by atoms with Crippen LogP contribution in [0.4, 0.5) is 16.2 Å². The van der Waals surface area contributed by atoms with Crippen LogP contribution >= 0.6 is 0 Å². The number of nitrogens with one attached hydrogen (secondary N) is 3. The summed E-state index contributed by atoms with van der Waals surface area (Å²) in [5.74, 6) is -0.343. The molecule has 2 atom stereocenters. The Morgan fingerprint density at radius 3 is 2.57 bits per heavy atom. The smallest absolute Gasteiger partial charge is 0.322 e. The van der Waals surface area contributed by atoms with E-state index in [-0.39, 0.29) is 29.7 Å². The third-order valence-electron chi connectivity index (χ3n) is 6.56. The van der Waals surface area contributed by atoms with Crippen molar-refractivity contribution in [1.82, 2.24) is 10.6 Å². The molecule has 0 aromatic heterocycles. The summed E-state index contributed by atoms with van der Waals surface area (Å²) in [6.45, 7) is 5.97. The van der Waals surface area contributed by atoms with Crippen LogP contribution in [-0.4, -0.2) is 41.9 Å². The number of carbonyl (C=O) groups excluding carboxylic acids is 4. The third-order valence-corrected chi connectivity index (χ3v) is 6.56. The van der Waals surface area contributed by atoms with Crippen LogP contribution in [0.25, 0.3) is 0 Å². The molecular formula is C26H28N4O5. The molecule has 182 valence electrons. The summed E-state index contributed by atoms with van der Waals surface area (Å²) in [5, 5.41) is 7.90. The number of hydrogen-bond donors (Lipinski definition) is 3. The second-order valence-electron chi connectivity index (χ2n) is 10.6. The van der Waals surface area contributed by atoms with Crippen LogP contribution in [0.3, 0.4) is 0 Å². The van der Waals surface area contributed by atoms with Crippen molar-refractivity contribution in [3.63, 3.8) is 0 Å². The summed E-state index contributed by atoms with van der Waals surface area (Å²) in [5.41, 5.74) is 1.87. The van der Waals surface area contributed by atoms with Crippen LogP contribution in [-0.2, 0) is 27.2 Å². The molecule has 1 spiro atoms. The standard InChI is InChI=1S/C26H28N4O5/c1-25(2,3)13-20-22(32)30(18-6-4-5-7-19(18)35-20)14-21(31)27-17-9-8-15-11-26(12-16(15)10-17)23(33)28-24(34)29-26/h4-10,20H,11-14H2,1-3H3,(H,27,31)(H2,28,29,33,34). The van der Waals surface area contributed by atoms with E-state index in [1.54, 1.807) is 24.3 Å². The Labute approximate surface area is 203 Å². The fourth-order valence-corrected chi connectivity index (χ4v) is 5.00. The molecule has 2 aliphatic heterocycles. The van der Waals surface area contributed by atoms with Crippen molar-refractivity contribution in [2.45, 2.75) is 51.7 Å². The fourth-order valence-electron chi connectivity index (χ4n) is 5.00. The zero-order valence-electron chi connectivity index (χ0n) is 19.9. The summed E-state index contributed by atoms with van der Waals surface area (Å²) >= 11 is 0. The number of benzene rings is 2. The number of hydrogen-bond acceptors (Lipinski definition) is 5. The van der Waals surface area contributed by atoms with Gasteiger partial charge in [-0.05, 0) is 47.2 Å². The van der Waals surface area contributed by atoms with Gasteiger partial charge < -0.3 is 15.4 Å². The molecule has 3 aliphatic rings. The molecule has 9 heteroatoms. The highest BCUT2D eigenvalue weighted by atomic mass is 16.5. The van der Waals surface area contributed by atoms with E-state index in [0.29, 0.717) is 36.4 Å². The summed E-state index contributed by atoms with van der Waals surface area (Å²) in [4.78, 5) is 51.7. The normalized spacial score (nSPS) is 22.9. The van der Waals surface area contributed by atoms with Crippen LogP contribution in [0, 0.1) is 5.41 Å². The average molecular weight is 477 g/mol. The van der Waals surface area contributed by atoms with Crippen molar-refractivity contribution in [2.75, 3.05) is 16.8 Å². The number of carbonyl (C=O) groups is 4. The highest BCUT2D eigenvalue weighted by molar-refractivity contribution is 6.08. The number of imide groups is 1. The first-order valence-corrected chi connectivity index (χ1v) is 11.7. The molecule has 3 N–H and O–H groups in total. The predicted molar refractivity (Wildman–Crippen MR) is 129 cm³/mol. The van der Waals surface area contributed by atoms with Crippen molar-refractivity contribution >= 4 is 35.1 Å². The second kappa shape index (κ2) is 8.11. The van der Waals surface area contributed by atoms with Crippen molar-refractivity contribution in [2.24, 2.45) is 5.41 Å². The lowest BCUT2D eigenvalue weighted by Crippen LogP contribution is -2.49. The number of amides is 5. The molecule has 5 rings (SSSR count). The van der Waals surface area contributed by atoms with Crippen LogP contribution in [0.2, 0.25) is 0 Å². The van der Waals surface area contributed by atoms with Crippen LogP contribution in [0.15, 0.2) is 42.5 Å². The zero-order chi connectivity index (χ0) is 25.0. The van der Waals surface area contributed by atoms with E-state index in [4.69, 9.17) is 4.74 Å². The number of rotatable bonds is 4. The van der Waals surface area contributed by atoms with E-state index >= 15 is 0 Å². The van der Waals surface area contributed by atoms with Crippen molar-refractivity contribution in [1.29, 1.82) is 0 Å². The van der Waals surface area contributed by atoms with Crippen molar-refractivity contribution < 1.29 is 23.9 Å². The SMILES string of the molecule is CC(C)(C)CC1Oc2ccccc2N(CC(=O)Nc2ccc3c(c2)CC2(C3)NC(=O)NC2=O)C1=O. The first-order chi connectivity index (χ1) is 16.5. The topological polar surface area (TPSA) is 117 Å². The van der Waals surface area contributed by atoms with E-state index in [9.17, 15) is 19.2 Å². The van der Waals surface area contributed by atoms with E-state index in [1.807, 2.05) is 39.0 Å². The van der Waals surface area contributed by atoms with Gasteiger partial charge in [0.05, 0.1) is 5.69 Å². The minimum absolute atomic E-state index is 0.127. The van der Waals surface area contributed by atoms with Gasteiger partial charge in [-0.2, -0.15) is 0 Å². The van der Waals surface area contributed by atoms with E-state index in [1.165, 1.54) is 4.90 Å². The monoisotopic (exact) mass is 476 g/mol. The first kappa shape index (κ1) is 22.9. The summed E-state index contributed by atoms with van der Waals surface area (Å²) in [7, 11) is 0. The van der Waals surface area contributed by atoms with Gasteiger partial charge in [0, 0.05) is 18.5 Å². The highest BCUT2D eigenvalue weighted by Gasteiger charge is 2.50. The van der Waals surface area contributed by atoms with Crippen molar-refractivity contribution in [3.05, 3.63) is 53.6 Å². The Hall–Kier alpha value is -3.88. The lowest BCUT2D eigenvalue weighted by molar-refractivity contribution is -0.129. The molecule has 9 nitrogen and oxygen atoms in total. The maximum atomic E-state index is 13.3. The number of fused-ring (bicyclic) bond motifs is 2. The Bertz CT molecular complexity index is 1250. The van der Waals surface area contributed by atoms with E-state index in [2.05, 4.69) is 16.0 Å². The molecule has 5 amide bonds. The third kappa shape index (κ3) is 4.34. The Morgan fingerprint density at radius 1 is 1.11 bits per heavy atom. The maximum absolute atomic E-state index is 13.3. The quantitative estimate of drug-likeness (QED) is 0.587. The highest BCUT2D eigenvalue weighted by Crippen LogP contribution is 2.37. The minimum atomic E-state index is -0.964. The molecule has 2 unspecified atom stereocenters. The lowest BCUT2D eigenvalue weighted by atomic mass is 9.88. The van der Waals surface area contributed by atoms with E-state index in [0.717, 1.165) is 11.1 Å². The summed E-state index contributed by atoms with van der Waals surface area (Å²) in [6, 6.07) is 12.2. The Balaban J connectivity index is 1.31. The number of anilines is 2. The molecule has 1 aliphatic carbocycles. The molecule has 1 saturated heterocycles. The molecule has 2 aromatic rings. The second-order valence-corrected chi connectivity index (χ2v) is 10.6. The number of nitrogens with zero attached hydrogens (tertiary/aromatic N) is 1. The molecule has 0 bridgehead atoms. The summed E-state index contributed by atoms with van der Waals surface area (Å²) < 4.78 is 5.98. The van der Waals surface area contributed by atoms with Crippen LogP contribution < -0.4 is 25.6 Å². The molecule has 35 heavy (non-hydrogen) atoms. The Morgan fingerprint density at radius 2 is 1.86 bits per heavy atom. The van der Waals surface area contributed by atoms with Crippen molar-refractivity contribution in [3.8, 4) is 5.75 Å². The fraction of sp³-hybridized carbons (Fsp3) is 0.385. The first-order valence-electron chi connectivity index (χ1n) is 11.7. The van der Waals surface area contributed by atoms with Gasteiger partial charge in [-0.15, -0.1) is 0 Å². The molecule has 0 radical (unpaired) electrons. The predicted octanol–water partition coefficient (Wildman–Crippen LogP) is 2.53. The molecule has 1 fully saturated rings. The number of para-hydroxylation sites is 2. The largest absolute Gasteiger partial charge is 0.478 e.